The maximum Gasteiger partial charge on any atom is 0.137 e. The molecule has 0 saturated carbocycles. The van der Waals surface area contributed by atoms with Crippen LogP contribution in [0.15, 0.2) is 24.5 Å². The van der Waals surface area contributed by atoms with Gasteiger partial charge in [0.15, 0.2) is 0 Å². The monoisotopic (exact) mass is 230 g/mol. The van der Waals surface area contributed by atoms with Crippen molar-refractivity contribution >= 4 is 5.65 Å². The molecule has 4 heteroatoms. The average molecular weight is 230 g/mol. The lowest BCUT2D eigenvalue weighted by Crippen LogP contribution is -2.28. The van der Waals surface area contributed by atoms with Gasteiger partial charge in [0.05, 0.1) is 5.69 Å². The lowest BCUT2D eigenvalue weighted by atomic mass is 9.97. The van der Waals surface area contributed by atoms with Gasteiger partial charge in [-0.05, 0) is 37.1 Å². The normalized spacial score (nSPS) is 20.9. The van der Waals surface area contributed by atoms with Crippen molar-refractivity contribution in [2.24, 2.45) is 5.73 Å². The Balaban J connectivity index is 1.95. The number of pyridine rings is 1. The molecule has 1 unspecified atom stereocenters. The number of hydrogen-bond acceptors (Lipinski definition) is 3. The van der Waals surface area contributed by atoms with Gasteiger partial charge in [-0.1, -0.05) is 0 Å². The predicted octanol–water partition coefficient (Wildman–Crippen LogP) is 1.26. The Morgan fingerprint density at radius 1 is 1.53 bits per heavy atom. The van der Waals surface area contributed by atoms with Gasteiger partial charge in [0.25, 0.3) is 0 Å². The van der Waals surface area contributed by atoms with Crippen LogP contribution in [0, 0.1) is 0 Å². The van der Waals surface area contributed by atoms with E-state index in [0.29, 0.717) is 12.5 Å². The molecule has 1 aliphatic rings. The van der Waals surface area contributed by atoms with Gasteiger partial charge in [0, 0.05) is 31.4 Å². The van der Waals surface area contributed by atoms with Gasteiger partial charge in [-0.3, -0.25) is 0 Å². The molecule has 0 radical (unpaired) electrons. The molecule has 0 aromatic carbocycles. The van der Waals surface area contributed by atoms with Crippen molar-refractivity contribution in [3.63, 3.8) is 0 Å². The summed E-state index contributed by atoms with van der Waals surface area (Å²) in [5.74, 6) is 0.560. The average Bonchev–Trinajstić information content (AvgIpc) is 2.82. The van der Waals surface area contributed by atoms with E-state index in [1.165, 1.54) is 18.5 Å². The standard InChI is InChI=1S/C13H18N4/c14-7-10-3-5-17-9-12(16-13(17)6-10)11-2-1-4-15-8-11/h3,5-6,9,11,15H,1-2,4,7-8,14H2. The molecule has 4 nitrogen and oxygen atoms in total. The molecule has 0 bridgehead atoms. The van der Waals surface area contributed by atoms with Crippen molar-refractivity contribution in [2.75, 3.05) is 13.1 Å². The van der Waals surface area contributed by atoms with E-state index in [9.17, 15) is 0 Å². The topological polar surface area (TPSA) is 55.4 Å². The maximum absolute atomic E-state index is 5.64. The summed E-state index contributed by atoms with van der Waals surface area (Å²) in [5, 5.41) is 3.43. The smallest absolute Gasteiger partial charge is 0.137 e. The van der Waals surface area contributed by atoms with Crippen LogP contribution < -0.4 is 11.1 Å². The number of nitrogens with two attached hydrogens (primary N) is 1. The van der Waals surface area contributed by atoms with Crippen LogP contribution in [0.4, 0.5) is 0 Å². The van der Waals surface area contributed by atoms with Crippen molar-refractivity contribution < 1.29 is 0 Å². The summed E-state index contributed by atoms with van der Waals surface area (Å²) < 4.78 is 2.09. The lowest BCUT2D eigenvalue weighted by Gasteiger charge is -2.20. The number of piperidine rings is 1. The molecule has 1 atom stereocenters. The third kappa shape index (κ3) is 2.06. The van der Waals surface area contributed by atoms with Gasteiger partial charge >= 0.3 is 0 Å². The molecule has 0 spiro atoms. The molecule has 3 rings (SSSR count). The molecule has 0 amide bonds. The molecule has 0 aliphatic carbocycles. The summed E-state index contributed by atoms with van der Waals surface area (Å²) in [6.07, 6.45) is 6.67. The van der Waals surface area contributed by atoms with E-state index in [-0.39, 0.29) is 0 Å². The first kappa shape index (κ1) is 10.7. The minimum Gasteiger partial charge on any atom is -0.326 e. The first-order valence-corrected chi connectivity index (χ1v) is 6.25. The third-order valence-corrected chi connectivity index (χ3v) is 3.49. The van der Waals surface area contributed by atoms with Gasteiger partial charge in [-0.25, -0.2) is 4.98 Å². The van der Waals surface area contributed by atoms with Gasteiger partial charge in [0.1, 0.15) is 5.65 Å². The highest BCUT2D eigenvalue weighted by Gasteiger charge is 2.17. The Morgan fingerprint density at radius 3 is 3.24 bits per heavy atom. The first-order valence-electron chi connectivity index (χ1n) is 6.25. The Labute approximate surface area is 101 Å². The van der Waals surface area contributed by atoms with E-state index in [0.717, 1.165) is 24.3 Å². The molecule has 1 saturated heterocycles. The van der Waals surface area contributed by atoms with Gasteiger partial charge in [-0.15, -0.1) is 0 Å². The van der Waals surface area contributed by atoms with Crippen molar-refractivity contribution in [3.8, 4) is 0 Å². The second-order valence-electron chi connectivity index (χ2n) is 4.71. The van der Waals surface area contributed by atoms with E-state index in [1.54, 1.807) is 0 Å². The number of nitrogens with zero attached hydrogens (tertiary/aromatic N) is 2. The molecule has 1 aliphatic heterocycles. The van der Waals surface area contributed by atoms with Crippen molar-refractivity contribution in [3.05, 3.63) is 35.8 Å². The Kier molecular flexibility index (Phi) is 2.82. The molecule has 2 aromatic rings. The van der Waals surface area contributed by atoms with E-state index in [4.69, 9.17) is 10.7 Å². The highest BCUT2D eigenvalue weighted by atomic mass is 15.0. The van der Waals surface area contributed by atoms with Crippen molar-refractivity contribution in [1.29, 1.82) is 0 Å². The molecule has 3 heterocycles. The fourth-order valence-corrected chi connectivity index (χ4v) is 2.47. The largest absolute Gasteiger partial charge is 0.326 e. The highest BCUT2D eigenvalue weighted by molar-refractivity contribution is 5.43. The number of fused-ring (bicyclic) bond motifs is 1. The summed E-state index contributed by atoms with van der Waals surface area (Å²) in [6.45, 7) is 2.76. The Morgan fingerprint density at radius 2 is 2.47 bits per heavy atom. The number of imidazole rings is 1. The Bertz CT molecular complexity index is 511. The summed E-state index contributed by atoms with van der Waals surface area (Å²) in [6, 6.07) is 4.12. The van der Waals surface area contributed by atoms with Gasteiger partial charge < -0.3 is 15.5 Å². The third-order valence-electron chi connectivity index (χ3n) is 3.49. The number of rotatable bonds is 2. The first-order chi connectivity index (χ1) is 8.36. The number of hydrogen-bond donors (Lipinski definition) is 2. The molecule has 1 fully saturated rings. The van der Waals surface area contributed by atoms with Crippen LogP contribution in [-0.4, -0.2) is 22.5 Å². The van der Waals surface area contributed by atoms with Crippen molar-refractivity contribution in [1.82, 2.24) is 14.7 Å². The maximum atomic E-state index is 5.64. The fourth-order valence-electron chi connectivity index (χ4n) is 2.47. The minimum atomic E-state index is 0.560. The van der Waals surface area contributed by atoms with Crippen LogP contribution in [0.5, 0.6) is 0 Å². The van der Waals surface area contributed by atoms with E-state index in [2.05, 4.69) is 28.0 Å². The number of aromatic nitrogens is 2. The SMILES string of the molecule is NCc1ccn2cc(C3CCCNC3)nc2c1. The second kappa shape index (κ2) is 4.47. The summed E-state index contributed by atoms with van der Waals surface area (Å²) in [4.78, 5) is 4.71. The van der Waals surface area contributed by atoms with Crippen LogP contribution in [0.2, 0.25) is 0 Å². The zero-order valence-electron chi connectivity index (χ0n) is 9.89. The van der Waals surface area contributed by atoms with Crippen molar-refractivity contribution in [2.45, 2.75) is 25.3 Å². The quantitative estimate of drug-likeness (QED) is 0.816. The molecule has 2 aromatic heterocycles. The fraction of sp³-hybridized carbons (Fsp3) is 0.462. The summed E-state index contributed by atoms with van der Waals surface area (Å²) >= 11 is 0. The molecular weight excluding hydrogens is 212 g/mol. The molecular formula is C13H18N4. The van der Waals surface area contributed by atoms with Crippen LogP contribution in [0.1, 0.15) is 30.0 Å². The lowest BCUT2D eigenvalue weighted by molar-refractivity contribution is 0.456. The number of nitrogens with one attached hydrogen (secondary N) is 1. The highest BCUT2D eigenvalue weighted by Crippen LogP contribution is 2.22. The van der Waals surface area contributed by atoms with Crippen LogP contribution in [0.3, 0.4) is 0 Å². The minimum absolute atomic E-state index is 0.560. The second-order valence-corrected chi connectivity index (χ2v) is 4.71. The van der Waals surface area contributed by atoms with E-state index >= 15 is 0 Å². The van der Waals surface area contributed by atoms with Gasteiger partial charge in [0.2, 0.25) is 0 Å². The summed E-state index contributed by atoms with van der Waals surface area (Å²) in [5.41, 5.74) is 8.99. The van der Waals surface area contributed by atoms with E-state index < -0.39 is 0 Å². The molecule has 3 N–H and O–H groups in total. The molecule has 17 heavy (non-hydrogen) atoms. The van der Waals surface area contributed by atoms with Crippen LogP contribution >= 0.6 is 0 Å². The summed E-state index contributed by atoms with van der Waals surface area (Å²) in [7, 11) is 0. The Hall–Kier alpha value is -1.39. The predicted molar refractivity (Wildman–Crippen MR) is 67.9 cm³/mol. The molecule has 90 valence electrons. The zero-order valence-corrected chi connectivity index (χ0v) is 9.89. The van der Waals surface area contributed by atoms with Gasteiger partial charge in [-0.2, -0.15) is 0 Å². The zero-order chi connectivity index (χ0) is 11.7. The van der Waals surface area contributed by atoms with Crippen LogP contribution in [0.25, 0.3) is 5.65 Å². The van der Waals surface area contributed by atoms with E-state index in [1.807, 2.05) is 6.20 Å². The van der Waals surface area contributed by atoms with Crippen LogP contribution in [-0.2, 0) is 6.54 Å².